The highest BCUT2D eigenvalue weighted by molar-refractivity contribution is 7.92. The molecule has 0 amide bonds. The maximum absolute atomic E-state index is 13.1. The SMILES string of the molecule is O=c1c(NS(=O)(=O)c2ccccc2)ccc2n1C[C@H]1C[C@@H]2CN(c2ncccn2)C1. The smallest absolute Gasteiger partial charge is 0.275 e. The second kappa shape index (κ2) is 7.24. The van der Waals surface area contributed by atoms with E-state index in [0.717, 1.165) is 25.2 Å². The standard InChI is InChI=1S/C21H21N5O3S/c27-20-18(24-30(28,29)17-5-2-1-3-6-17)7-8-19-16-11-15(13-26(19)20)12-25(14-16)21-22-9-4-10-23-21/h1-10,15-16,24H,11-14H2/t15-,16+/m0/s1. The number of pyridine rings is 1. The monoisotopic (exact) mass is 423 g/mol. The number of piperidine rings is 1. The summed E-state index contributed by atoms with van der Waals surface area (Å²) in [6, 6.07) is 13.3. The molecule has 0 unspecified atom stereocenters. The van der Waals surface area contributed by atoms with Gasteiger partial charge in [0.1, 0.15) is 5.69 Å². The Morgan fingerprint density at radius 2 is 1.70 bits per heavy atom. The summed E-state index contributed by atoms with van der Waals surface area (Å²) in [7, 11) is -3.81. The van der Waals surface area contributed by atoms with Crippen LogP contribution in [-0.2, 0) is 16.6 Å². The van der Waals surface area contributed by atoms with E-state index in [0.29, 0.717) is 12.5 Å². The van der Waals surface area contributed by atoms with E-state index in [1.165, 1.54) is 12.1 Å². The first-order chi connectivity index (χ1) is 14.5. The molecule has 0 radical (unpaired) electrons. The number of sulfonamides is 1. The van der Waals surface area contributed by atoms with E-state index in [9.17, 15) is 13.2 Å². The Bertz CT molecular complexity index is 1230. The molecule has 2 aliphatic heterocycles. The van der Waals surface area contributed by atoms with Crippen LogP contribution in [0.15, 0.2) is 70.6 Å². The highest BCUT2D eigenvalue weighted by Crippen LogP contribution is 2.36. The lowest BCUT2D eigenvalue weighted by molar-refractivity contribution is 0.280. The zero-order chi connectivity index (χ0) is 20.7. The predicted molar refractivity (Wildman–Crippen MR) is 113 cm³/mol. The molecule has 3 aromatic rings. The van der Waals surface area contributed by atoms with Gasteiger partial charge >= 0.3 is 0 Å². The number of hydrogen-bond acceptors (Lipinski definition) is 6. The van der Waals surface area contributed by atoms with Gasteiger partial charge < -0.3 is 9.47 Å². The first-order valence-corrected chi connectivity index (χ1v) is 11.3. The molecule has 1 fully saturated rings. The van der Waals surface area contributed by atoms with Crippen molar-refractivity contribution in [2.75, 3.05) is 22.7 Å². The van der Waals surface area contributed by atoms with Crippen LogP contribution in [0.25, 0.3) is 0 Å². The van der Waals surface area contributed by atoms with E-state index in [4.69, 9.17) is 0 Å². The largest absolute Gasteiger partial charge is 0.340 e. The molecule has 2 aromatic heterocycles. The fraction of sp³-hybridized carbons (Fsp3) is 0.286. The van der Waals surface area contributed by atoms with Crippen molar-refractivity contribution in [3.05, 3.63) is 77.0 Å². The number of fused-ring (bicyclic) bond motifs is 4. The van der Waals surface area contributed by atoms with Gasteiger partial charge in [-0.05, 0) is 42.7 Å². The molecular weight excluding hydrogens is 402 g/mol. The molecule has 2 bridgehead atoms. The highest BCUT2D eigenvalue weighted by Gasteiger charge is 2.36. The summed E-state index contributed by atoms with van der Waals surface area (Å²) < 4.78 is 29.5. The Labute approximate surface area is 174 Å². The Morgan fingerprint density at radius 1 is 0.933 bits per heavy atom. The maximum Gasteiger partial charge on any atom is 0.275 e. The molecule has 0 aliphatic carbocycles. The van der Waals surface area contributed by atoms with Crippen molar-refractivity contribution in [3.8, 4) is 0 Å². The van der Waals surface area contributed by atoms with Crippen LogP contribution in [0.4, 0.5) is 11.6 Å². The summed E-state index contributed by atoms with van der Waals surface area (Å²) in [4.78, 5) is 24.1. The van der Waals surface area contributed by atoms with Crippen molar-refractivity contribution in [1.82, 2.24) is 14.5 Å². The van der Waals surface area contributed by atoms with Crippen LogP contribution in [0.2, 0.25) is 0 Å². The van der Waals surface area contributed by atoms with Crippen LogP contribution in [0.3, 0.4) is 0 Å². The number of anilines is 2. The first kappa shape index (κ1) is 18.8. The molecule has 2 atom stereocenters. The van der Waals surface area contributed by atoms with Gasteiger partial charge in [0.2, 0.25) is 5.95 Å². The zero-order valence-electron chi connectivity index (χ0n) is 16.2. The summed E-state index contributed by atoms with van der Waals surface area (Å²) in [6.07, 6.45) is 4.46. The number of benzene rings is 1. The molecule has 2 aliphatic rings. The highest BCUT2D eigenvalue weighted by atomic mass is 32.2. The molecule has 4 heterocycles. The van der Waals surface area contributed by atoms with Gasteiger partial charge in [0.25, 0.3) is 15.6 Å². The van der Waals surface area contributed by atoms with Crippen LogP contribution < -0.4 is 15.2 Å². The normalized spacial score (nSPS) is 20.5. The second-order valence-electron chi connectivity index (χ2n) is 7.76. The van der Waals surface area contributed by atoms with Gasteiger partial charge in [-0.1, -0.05) is 18.2 Å². The zero-order valence-corrected chi connectivity index (χ0v) is 17.0. The van der Waals surface area contributed by atoms with Crippen LogP contribution in [0, 0.1) is 5.92 Å². The minimum Gasteiger partial charge on any atom is -0.340 e. The molecule has 0 saturated carbocycles. The molecular formula is C21H21N5O3S. The number of hydrogen-bond donors (Lipinski definition) is 1. The fourth-order valence-corrected chi connectivity index (χ4v) is 5.52. The number of aromatic nitrogens is 3. The third kappa shape index (κ3) is 3.35. The Kier molecular flexibility index (Phi) is 4.54. The van der Waals surface area contributed by atoms with Gasteiger partial charge in [0.05, 0.1) is 4.90 Å². The van der Waals surface area contributed by atoms with Crippen molar-refractivity contribution >= 4 is 21.7 Å². The van der Waals surface area contributed by atoms with E-state index in [1.54, 1.807) is 47.3 Å². The van der Waals surface area contributed by atoms with E-state index in [2.05, 4.69) is 19.6 Å². The van der Waals surface area contributed by atoms with Crippen LogP contribution >= 0.6 is 0 Å². The predicted octanol–water partition coefficient (Wildman–Crippen LogP) is 2.06. The molecule has 1 saturated heterocycles. The number of nitrogens with one attached hydrogen (secondary N) is 1. The number of nitrogens with zero attached hydrogens (tertiary/aromatic N) is 4. The summed E-state index contributed by atoms with van der Waals surface area (Å²) in [5.74, 6) is 1.16. The molecule has 0 spiro atoms. The topological polar surface area (TPSA) is 97.2 Å². The Morgan fingerprint density at radius 3 is 2.47 bits per heavy atom. The van der Waals surface area contributed by atoms with Gasteiger partial charge in [-0.15, -0.1) is 0 Å². The lowest BCUT2D eigenvalue weighted by atomic mass is 9.83. The number of rotatable bonds is 4. The van der Waals surface area contributed by atoms with E-state index in [1.807, 2.05) is 6.07 Å². The van der Waals surface area contributed by atoms with Crippen molar-refractivity contribution < 1.29 is 8.42 Å². The van der Waals surface area contributed by atoms with Gasteiger partial charge in [0, 0.05) is 43.6 Å². The quantitative estimate of drug-likeness (QED) is 0.690. The Hall–Kier alpha value is -3.20. The molecule has 154 valence electrons. The second-order valence-corrected chi connectivity index (χ2v) is 9.44. The minimum absolute atomic E-state index is 0.0748. The summed E-state index contributed by atoms with van der Waals surface area (Å²) in [5, 5.41) is 0. The molecule has 1 aromatic carbocycles. The van der Waals surface area contributed by atoms with E-state index < -0.39 is 10.0 Å². The first-order valence-electron chi connectivity index (χ1n) is 9.85. The summed E-state index contributed by atoms with van der Waals surface area (Å²) >= 11 is 0. The third-order valence-electron chi connectivity index (χ3n) is 5.74. The lowest BCUT2D eigenvalue weighted by Gasteiger charge is -2.42. The van der Waals surface area contributed by atoms with Gasteiger partial charge in [-0.2, -0.15) is 0 Å². The molecule has 8 nitrogen and oxygen atoms in total. The van der Waals surface area contributed by atoms with Gasteiger partial charge in [-0.25, -0.2) is 18.4 Å². The van der Waals surface area contributed by atoms with Crippen molar-refractivity contribution in [2.45, 2.75) is 23.8 Å². The average Bonchev–Trinajstić information content (AvgIpc) is 2.77. The molecule has 1 N–H and O–H groups in total. The van der Waals surface area contributed by atoms with Crippen LogP contribution in [0.5, 0.6) is 0 Å². The molecule has 9 heteroatoms. The average molecular weight is 423 g/mol. The third-order valence-corrected chi connectivity index (χ3v) is 7.12. The van der Waals surface area contributed by atoms with Crippen molar-refractivity contribution in [3.63, 3.8) is 0 Å². The van der Waals surface area contributed by atoms with Gasteiger partial charge in [0.15, 0.2) is 0 Å². The fourth-order valence-electron chi connectivity index (χ4n) is 4.44. The van der Waals surface area contributed by atoms with Gasteiger partial charge in [-0.3, -0.25) is 9.52 Å². The molecule has 5 rings (SSSR count). The maximum atomic E-state index is 13.1. The van der Waals surface area contributed by atoms with Crippen LogP contribution in [-0.4, -0.2) is 36.0 Å². The van der Waals surface area contributed by atoms with E-state index >= 15 is 0 Å². The van der Waals surface area contributed by atoms with Crippen molar-refractivity contribution in [2.24, 2.45) is 5.92 Å². The lowest BCUT2D eigenvalue weighted by Crippen LogP contribution is -2.48. The van der Waals surface area contributed by atoms with Crippen LogP contribution in [0.1, 0.15) is 18.0 Å². The van der Waals surface area contributed by atoms with Crippen molar-refractivity contribution in [1.29, 1.82) is 0 Å². The summed E-state index contributed by atoms with van der Waals surface area (Å²) in [5.41, 5.74) is 0.705. The Balaban J connectivity index is 1.45. The minimum atomic E-state index is -3.81. The molecule has 30 heavy (non-hydrogen) atoms. The van der Waals surface area contributed by atoms with E-state index in [-0.39, 0.29) is 28.0 Å². The summed E-state index contributed by atoms with van der Waals surface area (Å²) in [6.45, 7) is 2.05.